The van der Waals surface area contributed by atoms with Gasteiger partial charge in [0.15, 0.2) is 5.82 Å². The van der Waals surface area contributed by atoms with Crippen LogP contribution in [0.3, 0.4) is 0 Å². The molecular weight excluding hydrogens is 856 g/mol. The van der Waals surface area contributed by atoms with Crippen molar-refractivity contribution in [1.82, 2.24) is 15.0 Å². The number of nitrogens with one attached hydrogen (secondary N) is 1. The summed E-state index contributed by atoms with van der Waals surface area (Å²) in [6.07, 6.45) is 11.0. The van der Waals surface area contributed by atoms with E-state index in [1.165, 1.54) is 22.4 Å². The monoisotopic (exact) mass is 910 g/mol. The Morgan fingerprint density at radius 1 is 0.892 bits per heavy atom. The van der Waals surface area contributed by atoms with Crippen LogP contribution in [0.15, 0.2) is 103 Å². The Kier molecular flexibility index (Phi) is 12.8. The first-order chi connectivity index (χ1) is 31.4. The molecule has 9 nitrogen and oxygen atoms in total. The second-order valence-electron chi connectivity index (χ2n) is 18.5. The van der Waals surface area contributed by atoms with E-state index in [9.17, 15) is 9.90 Å². The van der Waals surface area contributed by atoms with E-state index in [-0.39, 0.29) is 23.9 Å². The number of carbonyl (C=O) groups is 1. The van der Waals surface area contributed by atoms with Gasteiger partial charge in [-0.3, -0.25) is 4.98 Å². The highest BCUT2D eigenvalue weighted by molar-refractivity contribution is 6.33. The van der Waals surface area contributed by atoms with Gasteiger partial charge < -0.3 is 24.6 Å². The molecule has 3 atom stereocenters. The molecule has 2 N–H and O–H groups in total. The van der Waals surface area contributed by atoms with Crippen LogP contribution in [0.5, 0.6) is 17.2 Å². The molecule has 9 rings (SSSR count). The number of halogens is 2. The van der Waals surface area contributed by atoms with Crippen molar-refractivity contribution in [1.29, 1.82) is 0 Å². The Balaban J connectivity index is 1.00. The summed E-state index contributed by atoms with van der Waals surface area (Å²) in [6.45, 7) is 7.50. The van der Waals surface area contributed by atoms with Crippen molar-refractivity contribution < 1.29 is 24.1 Å². The molecule has 0 aliphatic heterocycles. The predicted octanol–water partition coefficient (Wildman–Crippen LogP) is 12.9. The van der Waals surface area contributed by atoms with Gasteiger partial charge in [0.05, 0.1) is 25.0 Å². The van der Waals surface area contributed by atoms with Crippen LogP contribution < -0.4 is 19.5 Å². The van der Waals surface area contributed by atoms with E-state index < -0.39 is 11.5 Å². The largest absolute Gasteiger partial charge is 0.496 e. The average Bonchev–Trinajstić information content (AvgIpc) is 3.58. The molecule has 1 fully saturated rings. The van der Waals surface area contributed by atoms with Gasteiger partial charge in [-0.15, -0.1) is 0 Å². The lowest BCUT2D eigenvalue weighted by Gasteiger charge is -2.47. The summed E-state index contributed by atoms with van der Waals surface area (Å²) in [7, 11) is 1.64. The fourth-order valence-electron chi connectivity index (χ4n) is 10.9. The summed E-state index contributed by atoms with van der Waals surface area (Å²) >= 11 is 13.7. The molecule has 65 heavy (non-hydrogen) atoms. The molecule has 0 bridgehead atoms. The number of aliphatic carboxylic acids is 1. The molecular formula is C54H56Cl2N4O5. The first-order valence-electron chi connectivity index (χ1n) is 22.8. The zero-order valence-corrected chi connectivity index (χ0v) is 39.0. The van der Waals surface area contributed by atoms with Gasteiger partial charge in [0.2, 0.25) is 0 Å². The number of benzene rings is 4. The second kappa shape index (κ2) is 18.7. The SMILES string of the molecule is COc1ccccc1-c1nccc(COc2ccc(C)c(-c3cc4c(cc3Cl)CC(CC(C)COc3ccnc5c3[C@H](C)CCC5)C43CCC(Nc4cccc(Cl)c4)(C(=O)O)CC3)c2)n1. The molecule has 3 aliphatic carbocycles. The molecule has 11 heteroatoms. The number of methoxy groups -OCH3 is 1. The average molecular weight is 912 g/mol. The first-order valence-corrected chi connectivity index (χ1v) is 23.6. The van der Waals surface area contributed by atoms with Crippen molar-refractivity contribution in [2.75, 3.05) is 19.0 Å². The Hall–Kier alpha value is -5.64. The van der Waals surface area contributed by atoms with Gasteiger partial charge in [0.25, 0.3) is 0 Å². The lowest BCUT2D eigenvalue weighted by molar-refractivity contribution is -0.144. The van der Waals surface area contributed by atoms with Crippen molar-refractivity contribution in [3.05, 3.63) is 147 Å². The highest BCUT2D eigenvalue weighted by Crippen LogP contribution is 2.57. The van der Waals surface area contributed by atoms with E-state index in [1.54, 1.807) is 25.4 Å². The number of carboxylic acid groups (broad SMARTS) is 1. The number of ether oxygens (including phenoxy) is 3. The highest BCUT2D eigenvalue weighted by atomic mass is 35.5. The van der Waals surface area contributed by atoms with Gasteiger partial charge in [-0.05, 0) is 177 Å². The topological polar surface area (TPSA) is 116 Å². The number of pyridine rings is 1. The fraction of sp³-hybridized carbons (Fsp3) is 0.370. The number of rotatable bonds is 14. The molecule has 3 aliphatic rings. The summed E-state index contributed by atoms with van der Waals surface area (Å²) in [4.78, 5) is 27.3. The molecule has 1 saturated carbocycles. The molecule has 2 aromatic heterocycles. The van der Waals surface area contributed by atoms with Crippen LogP contribution in [-0.4, -0.2) is 45.3 Å². The Labute approximate surface area is 391 Å². The second-order valence-corrected chi connectivity index (χ2v) is 19.4. The third-order valence-corrected chi connectivity index (χ3v) is 14.9. The standard InChI is InChI=1S/C54H56Cl2N4O5/c1-33(31-65-49-18-24-57-47-13-7-9-35(3)50(47)49)25-37-26-36-27-46(56)44(30-45(36)53(37)19-21-54(22-20-53,52(61)62)60-39-11-8-10-38(55)28-39)43-29-41(16-15-34(43)2)64-32-40-17-23-58-51(59-40)42-12-5-6-14-48(42)63-4/h5-6,8,10-12,14-18,23-24,27-30,33,35,37,60H,7,9,13,19-22,25-26,31-32H2,1-4H3,(H,61,62)/t33?,35-,37?,53?,54?/m1/s1. The van der Waals surface area contributed by atoms with Crippen molar-refractivity contribution in [3.63, 3.8) is 0 Å². The number of nitrogens with zero attached hydrogens (tertiary/aromatic N) is 3. The molecule has 0 radical (unpaired) electrons. The van der Waals surface area contributed by atoms with E-state index in [0.717, 1.165) is 65.8 Å². The van der Waals surface area contributed by atoms with Crippen LogP contribution in [-0.2, 0) is 29.7 Å². The van der Waals surface area contributed by atoms with Crippen LogP contribution >= 0.6 is 23.2 Å². The van der Waals surface area contributed by atoms with E-state index in [0.29, 0.717) is 71.3 Å². The Bertz CT molecular complexity index is 2720. The molecule has 1 spiro atoms. The summed E-state index contributed by atoms with van der Waals surface area (Å²) in [5.74, 6) is 3.01. The predicted molar refractivity (Wildman–Crippen MR) is 258 cm³/mol. The van der Waals surface area contributed by atoms with Gasteiger partial charge in [-0.25, -0.2) is 14.8 Å². The van der Waals surface area contributed by atoms with Crippen LogP contribution in [0.25, 0.3) is 22.5 Å². The van der Waals surface area contributed by atoms with Crippen molar-refractivity contribution in [3.8, 4) is 39.8 Å². The Morgan fingerprint density at radius 3 is 2.51 bits per heavy atom. The van der Waals surface area contributed by atoms with E-state index in [2.05, 4.69) is 55.3 Å². The maximum Gasteiger partial charge on any atom is 0.329 e. The maximum absolute atomic E-state index is 13.3. The van der Waals surface area contributed by atoms with Crippen LogP contribution in [0.1, 0.15) is 98.4 Å². The fourth-order valence-corrected chi connectivity index (χ4v) is 11.4. The minimum atomic E-state index is -1.13. The normalized spacial score (nSPS) is 21.6. The van der Waals surface area contributed by atoms with Crippen molar-refractivity contribution >= 4 is 34.9 Å². The molecule has 0 saturated heterocycles. The molecule has 336 valence electrons. The third-order valence-electron chi connectivity index (χ3n) is 14.3. The first kappa shape index (κ1) is 44.6. The van der Waals surface area contributed by atoms with E-state index in [1.807, 2.05) is 60.8 Å². The number of aromatic nitrogens is 3. The summed E-state index contributed by atoms with van der Waals surface area (Å²) in [6, 6.07) is 29.5. The van der Waals surface area contributed by atoms with Crippen molar-refractivity contribution in [2.45, 2.75) is 102 Å². The number of carboxylic acids is 1. The van der Waals surface area contributed by atoms with Crippen LogP contribution in [0, 0.1) is 18.8 Å². The Morgan fingerprint density at radius 2 is 1.71 bits per heavy atom. The zero-order valence-electron chi connectivity index (χ0n) is 37.5. The number of aryl methyl sites for hydroxylation is 2. The highest BCUT2D eigenvalue weighted by Gasteiger charge is 2.54. The zero-order chi connectivity index (χ0) is 45.3. The molecule has 2 heterocycles. The molecule has 2 unspecified atom stereocenters. The van der Waals surface area contributed by atoms with Crippen LogP contribution in [0.2, 0.25) is 10.0 Å². The number of hydrogen-bond donors (Lipinski definition) is 2. The lowest BCUT2D eigenvalue weighted by Crippen LogP contribution is -2.53. The molecule has 6 aromatic rings. The minimum absolute atomic E-state index is 0.245. The maximum atomic E-state index is 13.3. The lowest BCUT2D eigenvalue weighted by atomic mass is 9.59. The van der Waals surface area contributed by atoms with Gasteiger partial charge in [-0.2, -0.15) is 0 Å². The number of fused-ring (bicyclic) bond motifs is 3. The van der Waals surface area contributed by atoms with Crippen molar-refractivity contribution in [2.24, 2.45) is 11.8 Å². The number of hydrogen-bond acceptors (Lipinski definition) is 8. The minimum Gasteiger partial charge on any atom is -0.496 e. The molecule has 0 amide bonds. The van der Waals surface area contributed by atoms with Gasteiger partial charge in [-0.1, -0.05) is 61.3 Å². The molecule has 4 aromatic carbocycles. The summed E-state index contributed by atoms with van der Waals surface area (Å²) in [5, 5.41) is 15.5. The van der Waals surface area contributed by atoms with E-state index >= 15 is 0 Å². The number of anilines is 1. The van der Waals surface area contributed by atoms with E-state index in [4.69, 9.17) is 47.4 Å². The van der Waals surface area contributed by atoms with Crippen LogP contribution in [0.4, 0.5) is 5.69 Å². The quantitative estimate of drug-likeness (QED) is 0.110. The smallest absolute Gasteiger partial charge is 0.329 e. The van der Waals surface area contributed by atoms with Gasteiger partial charge in [0, 0.05) is 44.9 Å². The summed E-state index contributed by atoms with van der Waals surface area (Å²) in [5.41, 5.74) is 8.78. The van der Waals surface area contributed by atoms with Gasteiger partial charge in [0.1, 0.15) is 29.4 Å². The van der Waals surface area contributed by atoms with Gasteiger partial charge >= 0.3 is 5.97 Å². The third kappa shape index (κ3) is 9.02. The summed E-state index contributed by atoms with van der Waals surface area (Å²) < 4.78 is 18.6. The number of para-hydroxylation sites is 1.